The van der Waals surface area contributed by atoms with Gasteiger partial charge >= 0.3 is 5.97 Å². The van der Waals surface area contributed by atoms with Gasteiger partial charge in [-0.15, -0.1) is 0 Å². The number of esters is 1. The molecule has 0 saturated carbocycles. The van der Waals surface area contributed by atoms with E-state index in [1.54, 1.807) is 7.11 Å². The van der Waals surface area contributed by atoms with E-state index in [-0.39, 0.29) is 17.3 Å². The van der Waals surface area contributed by atoms with Crippen molar-refractivity contribution in [3.05, 3.63) is 29.3 Å². The number of anilines is 1. The summed E-state index contributed by atoms with van der Waals surface area (Å²) < 4.78 is 36.4. The van der Waals surface area contributed by atoms with E-state index in [2.05, 4.69) is 10.1 Å². The Labute approximate surface area is 110 Å². The number of carbonyl (C=O) groups excluding carboxylic acids is 1. The lowest BCUT2D eigenvalue weighted by Crippen LogP contribution is -2.19. The van der Waals surface area contributed by atoms with Gasteiger partial charge in [-0.2, -0.15) is 0 Å². The Bertz CT molecular complexity index is 452. The Morgan fingerprint density at radius 1 is 1.32 bits per heavy atom. The predicted molar refractivity (Wildman–Crippen MR) is 67.3 cm³/mol. The molecule has 0 radical (unpaired) electrons. The van der Waals surface area contributed by atoms with Crippen molar-refractivity contribution >= 4 is 11.7 Å². The third-order valence-electron chi connectivity index (χ3n) is 2.62. The van der Waals surface area contributed by atoms with E-state index in [0.29, 0.717) is 19.1 Å². The highest BCUT2D eigenvalue weighted by Gasteiger charge is 2.17. The van der Waals surface area contributed by atoms with E-state index >= 15 is 0 Å². The van der Waals surface area contributed by atoms with E-state index in [9.17, 15) is 13.6 Å². The van der Waals surface area contributed by atoms with Crippen LogP contribution in [-0.4, -0.2) is 32.8 Å². The molecule has 1 aromatic carbocycles. The fourth-order valence-corrected chi connectivity index (χ4v) is 1.56. The lowest BCUT2D eigenvalue weighted by atomic mass is 10.1. The van der Waals surface area contributed by atoms with E-state index in [1.165, 1.54) is 0 Å². The Balaban J connectivity index is 2.91. The number of hydrogen-bond acceptors (Lipinski definition) is 4. The van der Waals surface area contributed by atoms with Gasteiger partial charge in [0.2, 0.25) is 0 Å². The lowest BCUT2D eigenvalue weighted by molar-refractivity contribution is 0.0595. The molecule has 4 nitrogen and oxygen atoms in total. The van der Waals surface area contributed by atoms with E-state index in [1.807, 2.05) is 6.92 Å². The molecule has 0 heterocycles. The van der Waals surface area contributed by atoms with Gasteiger partial charge in [-0.3, -0.25) is 0 Å². The van der Waals surface area contributed by atoms with Gasteiger partial charge in [-0.05, 0) is 19.4 Å². The topological polar surface area (TPSA) is 47.6 Å². The van der Waals surface area contributed by atoms with Crippen molar-refractivity contribution in [1.82, 2.24) is 0 Å². The number of ether oxygens (including phenoxy) is 2. The monoisotopic (exact) mass is 273 g/mol. The number of methoxy groups -OCH3 is 2. The molecule has 19 heavy (non-hydrogen) atoms. The lowest BCUT2D eigenvalue weighted by Gasteiger charge is -2.16. The van der Waals surface area contributed by atoms with Crippen molar-refractivity contribution in [3.63, 3.8) is 0 Å². The molecule has 0 amide bonds. The number of hydrogen-bond donors (Lipinski definition) is 1. The van der Waals surface area contributed by atoms with Crippen molar-refractivity contribution in [3.8, 4) is 0 Å². The van der Waals surface area contributed by atoms with E-state index in [0.717, 1.165) is 13.2 Å². The van der Waals surface area contributed by atoms with Gasteiger partial charge in [0.25, 0.3) is 0 Å². The normalized spacial score (nSPS) is 12.1. The van der Waals surface area contributed by atoms with Crippen molar-refractivity contribution in [2.75, 3.05) is 26.1 Å². The summed E-state index contributed by atoms with van der Waals surface area (Å²) in [6.45, 7) is 2.35. The van der Waals surface area contributed by atoms with Gasteiger partial charge < -0.3 is 14.8 Å². The van der Waals surface area contributed by atoms with Crippen LogP contribution >= 0.6 is 0 Å². The maximum absolute atomic E-state index is 13.6. The molecule has 0 aliphatic carbocycles. The zero-order valence-electron chi connectivity index (χ0n) is 11.1. The first kappa shape index (κ1) is 15.4. The Morgan fingerprint density at radius 3 is 2.58 bits per heavy atom. The second-order valence-corrected chi connectivity index (χ2v) is 4.13. The van der Waals surface area contributed by atoms with Gasteiger partial charge in [-0.25, -0.2) is 13.6 Å². The molecule has 0 fully saturated rings. The molecule has 1 atom stereocenters. The Kier molecular flexibility index (Phi) is 5.69. The summed E-state index contributed by atoms with van der Waals surface area (Å²) in [6.07, 6.45) is 0.654. The number of carbonyl (C=O) groups is 1. The summed E-state index contributed by atoms with van der Waals surface area (Å²) in [7, 11) is 2.71. The average molecular weight is 273 g/mol. The van der Waals surface area contributed by atoms with Crippen LogP contribution < -0.4 is 5.32 Å². The molecule has 106 valence electrons. The van der Waals surface area contributed by atoms with Crippen LogP contribution in [0.5, 0.6) is 0 Å². The van der Waals surface area contributed by atoms with Crippen LogP contribution in [-0.2, 0) is 9.47 Å². The Morgan fingerprint density at radius 2 is 2.00 bits per heavy atom. The number of benzene rings is 1. The summed E-state index contributed by atoms with van der Waals surface area (Å²) in [5.41, 5.74) is -0.240. The molecule has 1 N–H and O–H groups in total. The second-order valence-electron chi connectivity index (χ2n) is 4.13. The standard InChI is InChI=1S/C13H17F2NO3/c1-8(4-5-18-2)16-12-6-9(13(17)19-3)10(14)7-11(12)15/h6-8,16H,4-5H2,1-3H3. The molecule has 0 saturated heterocycles. The van der Waals surface area contributed by atoms with Crippen molar-refractivity contribution < 1.29 is 23.0 Å². The first-order valence-electron chi connectivity index (χ1n) is 5.82. The molecule has 1 rings (SSSR count). The summed E-state index contributed by atoms with van der Waals surface area (Å²) in [5, 5.41) is 2.86. The minimum absolute atomic E-state index is 0.0606. The van der Waals surface area contributed by atoms with E-state index in [4.69, 9.17) is 4.74 Å². The molecular weight excluding hydrogens is 256 g/mol. The van der Waals surface area contributed by atoms with Crippen molar-refractivity contribution in [1.29, 1.82) is 0 Å². The highest BCUT2D eigenvalue weighted by Crippen LogP contribution is 2.21. The van der Waals surface area contributed by atoms with Gasteiger partial charge in [0.1, 0.15) is 11.6 Å². The molecular formula is C13H17F2NO3. The smallest absolute Gasteiger partial charge is 0.340 e. The molecule has 0 spiro atoms. The highest BCUT2D eigenvalue weighted by atomic mass is 19.1. The van der Waals surface area contributed by atoms with Crippen LogP contribution in [0.15, 0.2) is 12.1 Å². The second kappa shape index (κ2) is 7.04. The van der Waals surface area contributed by atoms with Crippen LogP contribution in [0.1, 0.15) is 23.7 Å². The van der Waals surface area contributed by atoms with Crippen LogP contribution in [0, 0.1) is 11.6 Å². The molecule has 0 aromatic heterocycles. The fourth-order valence-electron chi connectivity index (χ4n) is 1.56. The number of rotatable bonds is 6. The summed E-state index contributed by atoms with van der Waals surface area (Å²) >= 11 is 0. The zero-order chi connectivity index (χ0) is 14.4. The fraction of sp³-hybridized carbons (Fsp3) is 0.462. The molecule has 1 unspecified atom stereocenters. The number of halogens is 2. The Hall–Kier alpha value is -1.69. The van der Waals surface area contributed by atoms with Gasteiger partial charge in [-0.1, -0.05) is 0 Å². The first-order chi connectivity index (χ1) is 8.99. The van der Waals surface area contributed by atoms with Crippen molar-refractivity contribution in [2.45, 2.75) is 19.4 Å². The molecule has 0 bridgehead atoms. The van der Waals surface area contributed by atoms with Gasteiger partial charge in [0.15, 0.2) is 0 Å². The summed E-state index contributed by atoms with van der Waals surface area (Å²) in [4.78, 5) is 11.3. The third kappa shape index (κ3) is 4.17. The minimum Gasteiger partial charge on any atom is -0.465 e. The number of nitrogens with one attached hydrogen (secondary N) is 1. The molecule has 0 aliphatic rings. The summed E-state index contributed by atoms with van der Waals surface area (Å²) in [6, 6.07) is 1.70. The van der Waals surface area contributed by atoms with Crippen LogP contribution in [0.3, 0.4) is 0 Å². The van der Waals surface area contributed by atoms with E-state index < -0.39 is 17.6 Å². The van der Waals surface area contributed by atoms with Gasteiger partial charge in [0.05, 0.1) is 18.4 Å². The SMILES string of the molecule is COCCC(C)Nc1cc(C(=O)OC)c(F)cc1F. The summed E-state index contributed by atoms with van der Waals surface area (Å²) in [5.74, 6) is -2.54. The quantitative estimate of drug-likeness (QED) is 0.809. The van der Waals surface area contributed by atoms with Crippen LogP contribution in [0.2, 0.25) is 0 Å². The van der Waals surface area contributed by atoms with Crippen molar-refractivity contribution in [2.24, 2.45) is 0 Å². The maximum Gasteiger partial charge on any atom is 0.340 e. The molecule has 0 aliphatic heterocycles. The minimum atomic E-state index is -0.945. The average Bonchev–Trinajstić information content (AvgIpc) is 2.38. The highest BCUT2D eigenvalue weighted by molar-refractivity contribution is 5.90. The zero-order valence-corrected chi connectivity index (χ0v) is 11.1. The first-order valence-corrected chi connectivity index (χ1v) is 5.82. The third-order valence-corrected chi connectivity index (χ3v) is 2.62. The largest absolute Gasteiger partial charge is 0.465 e. The predicted octanol–water partition coefficient (Wildman–Crippen LogP) is 2.59. The van der Waals surface area contributed by atoms with Gasteiger partial charge in [0, 0.05) is 25.8 Å². The van der Waals surface area contributed by atoms with Crippen LogP contribution in [0.4, 0.5) is 14.5 Å². The molecule has 6 heteroatoms. The van der Waals surface area contributed by atoms with Crippen LogP contribution in [0.25, 0.3) is 0 Å². The maximum atomic E-state index is 13.6. The molecule has 1 aromatic rings.